The molecular weight excluding hydrogens is 346 g/mol. The third kappa shape index (κ3) is 3.51. The average Bonchev–Trinajstić information content (AvgIpc) is 2.71. The van der Waals surface area contributed by atoms with E-state index in [9.17, 15) is 4.79 Å². The molecule has 4 nitrogen and oxygen atoms in total. The zero-order chi connectivity index (χ0) is 15.9. The van der Waals surface area contributed by atoms with Crippen molar-refractivity contribution >= 4 is 5.97 Å². The topological polar surface area (TPSA) is 35.5 Å². The van der Waals surface area contributed by atoms with Crippen molar-refractivity contribution in [3.8, 4) is 0 Å². The van der Waals surface area contributed by atoms with Gasteiger partial charge in [-0.1, -0.05) is 20.8 Å². The maximum absolute atomic E-state index is 11.4. The van der Waals surface area contributed by atoms with Crippen LogP contribution in [0.15, 0.2) is 0 Å². The molecule has 2 rings (SSSR count). The van der Waals surface area contributed by atoms with E-state index in [-0.39, 0.29) is 23.0 Å². The van der Waals surface area contributed by atoms with Crippen LogP contribution in [0.5, 0.6) is 0 Å². The molecule has 3 atom stereocenters. The summed E-state index contributed by atoms with van der Waals surface area (Å²) in [5, 5.41) is 0. The van der Waals surface area contributed by atoms with Gasteiger partial charge in [-0.05, 0) is 36.0 Å². The number of fused-ring (bicyclic) bond motifs is 2. The summed E-state index contributed by atoms with van der Waals surface area (Å²) in [4.78, 5) is 11.4. The number of quaternary nitrogens is 1. The molecule has 2 bridgehead atoms. The number of methoxy groups -OCH3 is 1. The summed E-state index contributed by atoms with van der Waals surface area (Å²) in [5.41, 5.74) is 0.714. The van der Waals surface area contributed by atoms with E-state index < -0.39 is 0 Å². The van der Waals surface area contributed by atoms with E-state index in [2.05, 4.69) is 20.8 Å². The van der Waals surface area contributed by atoms with E-state index in [0.717, 1.165) is 12.5 Å². The van der Waals surface area contributed by atoms with Crippen LogP contribution in [0.1, 0.15) is 40.0 Å². The van der Waals surface area contributed by atoms with Gasteiger partial charge in [0.25, 0.3) is 0 Å². The summed E-state index contributed by atoms with van der Waals surface area (Å²) in [6.45, 7) is 9.17. The van der Waals surface area contributed by atoms with Gasteiger partial charge in [-0.3, -0.25) is 0 Å². The minimum absolute atomic E-state index is 0. The predicted molar refractivity (Wildman–Crippen MR) is 82.8 cm³/mol. The number of esters is 1. The predicted octanol–water partition coefficient (Wildman–Crippen LogP) is -0.529. The molecule has 130 valence electrons. The monoisotopic (exact) mass is 377 g/mol. The number of likely N-dealkylation sites (N-methyl/N-ethyl adjacent to an activating group) is 1. The van der Waals surface area contributed by atoms with E-state index in [0.29, 0.717) is 34.6 Å². The Morgan fingerprint density at radius 1 is 1.27 bits per heavy atom. The molecule has 2 fully saturated rings. The molecular formula is C17H32BrNO3. The summed E-state index contributed by atoms with van der Waals surface area (Å²) in [6, 6.07) is 0. The third-order valence-electron chi connectivity index (χ3n) is 6.51. The second kappa shape index (κ2) is 6.78. The van der Waals surface area contributed by atoms with Gasteiger partial charge >= 0.3 is 5.97 Å². The molecule has 0 aromatic carbocycles. The lowest BCUT2D eigenvalue weighted by Crippen LogP contribution is -3.00. The average molecular weight is 378 g/mol. The van der Waals surface area contributed by atoms with Crippen molar-refractivity contribution in [2.45, 2.75) is 46.1 Å². The minimum Gasteiger partial charge on any atom is -1.00 e. The Morgan fingerprint density at radius 2 is 1.91 bits per heavy atom. The van der Waals surface area contributed by atoms with Crippen LogP contribution in [0.4, 0.5) is 0 Å². The molecule has 0 aromatic heterocycles. The highest BCUT2D eigenvalue weighted by Gasteiger charge is 2.61. The van der Waals surface area contributed by atoms with Gasteiger partial charge in [0.05, 0.1) is 33.9 Å². The fraction of sp³-hybridized carbons (Fsp3) is 0.941. The SMILES string of the molecule is COC(=O)C[N+](C)(C)CCOC1CC2CCC1(C)C2(C)C.[Br-]. The Hall–Kier alpha value is -0.130. The van der Waals surface area contributed by atoms with E-state index in [1.807, 2.05) is 14.1 Å². The Bertz CT molecular complexity index is 411. The van der Waals surface area contributed by atoms with E-state index in [4.69, 9.17) is 9.47 Å². The second-order valence-corrected chi connectivity index (χ2v) is 8.36. The lowest BCUT2D eigenvalue weighted by atomic mass is 9.70. The molecule has 2 saturated carbocycles. The number of halogens is 1. The highest BCUT2D eigenvalue weighted by atomic mass is 79.9. The van der Waals surface area contributed by atoms with Crippen molar-refractivity contribution < 1.29 is 35.7 Å². The van der Waals surface area contributed by atoms with Crippen molar-refractivity contribution in [1.82, 2.24) is 0 Å². The van der Waals surface area contributed by atoms with Gasteiger partial charge in [-0.25, -0.2) is 4.79 Å². The normalized spacial score (nSPS) is 32.6. The van der Waals surface area contributed by atoms with Crippen molar-refractivity contribution in [1.29, 1.82) is 0 Å². The van der Waals surface area contributed by atoms with Crippen LogP contribution >= 0.6 is 0 Å². The summed E-state index contributed by atoms with van der Waals surface area (Å²) in [7, 11) is 5.54. The number of hydrogen-bond donors (Lipinski definition) is 0. The summed E-state index contributed by atoms with van der Waals surface area (Å²) in [5.74, 6) is 0.651. The lowest BCUT2D eigenvalue weighted by Gasteiger charge is -2.39. The van der Waals surface area contributed by atoms with Gasteiger partial charge in [0.15, 0.2) is 6.54 Å². The molecule has 2 aliphatic rings. The number of carbonyl (C=O) groups excluding carboxylic acids is 1. The second-order valence-electron chi connectivity index (χ2n) is 8.36. The van der Waals surface area contributed by atoms with Crippen LogP contribution in [0, 0.1) is 16.7 Å². The number of ether oxygens (including phenoxy) is 2. The van der Waals surface area contributed by atoms with Crippen molar-refractivity contribution in [2.75, 3.05) is 40.9 Å². The maximum Gasteiger partial charge on any atom is 0.361 e. The van der Waals surface area contributed by atoms with Gasteiger partial charge in [-0.2, -0.15) is 0 Å². The summed E-state index contributed by atoms with van der Waals surface area (Å²) in [6.07, 6.45) is 4.22. The Labute approximate surface area is 145 Å². The molecule has 0 aromatic rings. The fourth-order valence-corrected chi connectivity index (χ4v) is 4.32. The van der Waals surface area contributed by atoms with Crippen molar-refractivity contribution in [3.63, 3.8) is 0 Å². The molecule has 5 heteroatoms. The maximum atomic E-state index is 11.4. The van der Waals surface area contributed by atoms with Gasteiger partial charge in [0, 0.05) is 0 Å². The Balaban J connectivity index is 0.00000242. The summed E-state index contributed by atoms with van der Waals surface area (Å²) < 4.78 is 11.6. The molecule has 0 saturated heterocycles. The first-order valence-electron chi connectivity index (χ1n) is 8.13. The molecule has 3 unspecified atom stereocenters. The van der Waals surface area contributed by atoms with Crippen LogP contribution in [-0.4, -0.2) is 57.5 Å². The smallest absolute Gasteiger partial charge is 0.361 e. The molecule has 0 spiro atoms. The van der Waals surface area contributed by atoms with E-state index in [1.54, 1.807) is 0 Å². The molecule has 0 radical (unpaired) electrons. The number of rotatable bonds is 6. The first-order chi connectivity index (χ1) is 9.62. The fourth-order valence-electron chi connectivity index (χ4n) is 4.32. The van der Waals surface area contributed by atoms with Gasteiger partial charge in [0.1, 0.15) is 6.54 Å². The van der Waals surface area contributed by atoms with Crippen molar-refractivity contribution in [2.24, 2.45) is 16.7 Å². The highest BCUT2D eigenvalue weighted by molar-refractivity contribution is 5.70. The minimum atomic E-state index is -0.159. The Kier molecular flexibility index (Phi) is 6.13. The zero-order valence-electron chi connectivity index (χ0n) is 14.9. The van der Waals surface area contributed by atoms with Gasteiger partial charge in [0.2, 0.25) is 0 Å². The van der Waals surface area contributed by atoms with E-state index >= 15 is 0 Å². The lowest BCUT2D eigenvalue weighted by molar-refractivity contribution is -0.883. The van der Waals surface area contributed by atoms with E-state index in [1.165, 1.54) is 26.4 Å². The third-order valence-corrected chi connectivity index (χ3v) is 6.51. The molecule has 0 aliphatic heterocycles. The van der Waals surface area contributed by atoms with Crippen LogP contribution in [0.3, 0.4) is 0 Å². The molecule has 0 N–H and O–H groups in total. The quantitative estimate of drug-likeness (QED) is 0.461. The van der Waals surface area contributed by atoms with Gasteiger partial charge < -0.3 is 30.9 Å². The van der Waals surface area contributed by atoms with Crippen LogP contribution in [0.2, 0.25) is 0 Å². The number of hydrogen-bond acceptors (Lipinski definition) is 3. The molecule has 22 heavy (non-hydrogen) atoms. The zero-order valence-corrected chi connectivity index (χ0v) is 16.5. The standard InChI is InChI=1S/C17H32NO3.BrH/c1-16(2)13-7-8-17(16,3)14(11-13)21-10-9-18(4,5)12-15(19)20-6;/h13-14H,7-12H2,1-6H3;1H/q+1;/p-1. The van der Waals surface area contributed by atoms with Crippen molar-refractivity contribution in [3.05, 3.63) is 0 Å². The molecule has 2 aliphatic carbocycles. The highest BCUT2D eigenvalue weighted by Crippen LogP contribution is 2.66. The first-order valence-corrected chi connectivity index (χ1v) is 8.13. The molecule has 0 amide bonds. The van der Waals surface area contributed by atoms with Crippen LogP contribution in [-0.2, 0) is 14.3 Å². The number of nitrogens with zero attached hydrogens (tertiary/aromatic N) is 1. The number of carbonyl (C=O) groups is 1. The largest absolute Gasteiger partial charge is 1.00 e. The summed E-state index contributed by atoms with van der Waals surface area (Å²) >= 11 is 0. The van der Waals surface area contributed by atoms with Gasteiger partial charge in [-0.15, -0.1) is 0 Å². The van der Waals surface area contributed by atoms with Crippen LogP contribution in [0.25, 0.3) is 0 Å². The molecule has 0 heterocycles. The first kappa shape index (κ1) is 19.9. The Morgan fingerprint density at radius 3 is 2.36 bits per heavy atom. The van der Waals surface area contributed by atoms with Crippen LogP contribution < -0.4 is 17.0 Å².